The normalized spacial score (nSPS) is 12.1. The molecule has 6 nitrogen and oxygen atoms in total. The standard InChI is InChI=1S/C76H144O6/c1-4-7-10-13-16-19-22-25-27-29-31-32-33-34-35-36-37-38-39-40-41-42-43-45-46-48-51-54-57-60-63-66-69-75(78)81-72-73(71-80-74(77)68-65-62-59-56-53-50-24-21-18-15-12-9-6-3)82-76(79)70-67-64-61-58-55-52-49-47-44-30-28-26-23-20-17-14-11-8-5-2/h12,15,21,24,73H,4-11,13-14,16-20,22-23,25-72H2,1-3H3/b15-12-,24-21-. The molecule has 0 radical (unpaired) electrons. The zero-order valence-corrected chi connectivity index (χ0v) is 55.8. The second-order valence-electron chi connectivity index (χ2n) is 25.6. The maximum atomic E-state index is 12.9. The molecule has 0 aliphatic carbocycles. The van der Waals surface area contributed by atoms with Crippen molar-refractivity contribution < 1.29 is 28.6 Å². The van der Waals surface area contributed by atoms with Crippen molar-refractivity contribution in [3.05, 3.63) is 24.3 Å². The van der Waals surface area contributed by atoms with E-state index in [4.69, 9.17) is 14.2 Å². The van der Waals surface area contributed by atoms with Crippen LogP contribution in [0.15, 0.2) is 24.3 Å². The summed E-state index contributed by atoms with van der Waals surface area (Å²) in [5, 5.41) is 0. The molecule has 1 atom stereocenters. The Balaban J connectivity index is 4.10. The number of unbranched alkanes of at least 4 members (excludes halogenated alkanes) is 55. The van der Waals surface area contributed by atoms with E-state index in [2.05, 4.69) is 45.1 Å². The van der Waals surface area contributed by atoms with Crippen LogP contribution in [0, 0.1) is 0 Å². The lowest BCUT2D eigenvalue weighted by Gasteiger charge is -2.18. The van der Waals surface area contributed by atoms with Crippen molar-refractivity contribution in [1.82, 2.24) is 0 Å². The maximum Gasteiger partial charge on any atom is 0.306 e. The maximum absolute atomic E-state index is 12.9. The van der Waals surface area contributed by atoms with Gasteiger partial charge in [0.05, 0.1) is 0 Å². The molecule has 0 aromatic carbocycles. The van der Waals surface area contributed by atoms with Crippen LogP contribution < -0.4 is 0 Å². The van der Waals surface area contributed by atoms with Crippen LogP contribution in [-0.4, -0.2) is 37.2 Å². The number of hydrogen-bond acceptors (Lipinski definition) is 6. The first-order valence-corrected chi connectivity index (χ1v) is 37.3. The van der Waals surface area contributed by atoms with Crippen LogP contribution in [0.25, 0.3) is 0 Å². The van der Waals surface area contributed by atoms with Crippen LogP contribution in [0.2, 0.25) is 0 Å². The zero-order valence-electron chi connectivity index (χ0n) is 55.8. The fraction of sp³-hybridized carbons (Fsp3) is 0.908. The van der Waals surface area contributed by atoms with Crippen molar-refractivity contribution in [3.8, 4) is 0 Å². The summed E-state index contributed by atoms with van der Waals surface area (Å²) in [6.45, 7) is 6.65. The van der Waals surface area contributed by atoms with Gasteiger partial charge in [-0.3, -0.25) is 14.4 Å². The number of hydrogen-bond donors (Lipinski definition) is 0. The molecule has 0 rings (SSSR count). The Hall–Kier alpha value is -2.11. The molecule has 0 aliphatic rings. The first kappa shape index (κ1) is 79.9. The van der Waals surface area contributed by atoms with Crippen molar-refractivity contribution in [3.63, 3.8) is 0 Å². The van der Waals surface area contributed by atoms with E-state index < -0.39 is 6.10 Å². The number of carbonyl (C=O) groups excluding carboxylic acids is 3. The number of rotatable bonds is 70. The largest absolute Gasteiger partial charge is 0.462 e. The first-order chi connectivity index (χ1) is 40.5. The molecule has 0 heterocycles. The Kier molecular flexibility index (Phi) is 69.5. The number of allylic oxidation sites excluding steroid dienone is 4. The van der Waals surface area contributed by atoms with Crippen molar-refractivity contribution in [2.45, 2.75) is 431 Å². The minimum absolute atomic E-state index is 0.0693. The molecule has 0 aromatic rings. The molecule has 0 fully saturated rings. The zero-order chi connectivity index (χ0) is 59.2. The molecule has 0 saturated heterocycles. The number of carbonyl (C=O) groups is 3. The van der Waals surface area contributed by atoms with Gasteiger partial charge < -0.3 is 14.2 Å². The third-order valence-electron chi connectivity index (χ3n) is 17.2. The average Bonchev–Trinajstić information content (AvgIpc) is 3.47. The third kappa shape index (κ3) is 68.7. The predicted molar refractivity (Wildman–Crippen MR) is 358 cm³/mol. The topological polar surface area (TPSA) is 78.9 Å². The minimum atomic E-state index is -0.774. The first-order valence-electron chi connectivity index (χ1n) is 37.3. The van der Waals surface area contributed by atoms with Gasteiger partial charge >= 0.3 is 17.9 Å². The molecule has 82 heavy (non-hydrogen) atoms. The quantitative estimate of drug-likeness (QED) is 0.0261. The van der Waals surface area contributed by atoms with E-state index in [1.165, 1.54) is 302 Å². The molecule has 1 unspecified atom stereocenters. The Morgan fingerprint density at radius 1 is 0.244 bits per heavy atom. The lowest BCUT2D eigenvalue weighted by molar-refractivity contribution is -0.167. The summed E-state index contributed by atoms with van der Waals surface area (Å²) in [5.74, 6) is -0.851. The van der Waals surface area contributed by atoms with Gasteiger partial charge in [-0.2, -0.15) is 0 Å². The van der Waals surface area contributed by atoms with Crippen LogP contribution in [0.5, 0.6) is 0 Å². The van der Waals surface area contributed by atoms with Gasteiger partial charge in [-0.25, -0.2) is 0 Å². The van der Waals surface area contributed by atoms with E-state index in [9.17, 15) is 14.4 Å². The van der Waals surface area contributed by atoms with Crippen molar-refractivity contribution in [2.24, 2.45) is 0 Å². The highest BCUT2D eigenvalue weighted by atomic mass is 16.6. The molecule has 0 amide bonds. The second kappa shape index (κ2) is 71.4. The van der Waals surface area contributed by atoms with Crippen molar-refractivity contribution in [1.29, 1.82) is 0 Å². The van der Waals surface area contributed by atoms with E-state index in [1.807, 2.05) is 0 Å². The summed E-state index contributed by atoms with van der Waals surface area (Å²) >= 11 is 0. The Labute approximate surface area is 513 Å². The molecule has 0 saturated carbocycles. The van der Waals surface area contributed by atoms with Gasteiger partial charge in [0.2, 0.25) is 0 Å². The summed E-state index contributed by atoms with van der Waals surface area (Å²) in [6.07, 6.45) is 88.1. The van der Waals surface area contributed by atoms with Gasteiger partial charge in [0, 0.05) is 19.3 Å². The van der Waals surface area contributed by atoms with E-state index >= 15 is 0 Å². The van der Waals surface area contributed by atoms with E-state index in [-0.39, 0.29) is 31.1 Å². The summed E-state index contributed by atoms with van der Waals surface area (Å²) in [7, 11) is 0. The molecule has 6 heteroatoms. The van der Waals surface area contributed by atoms with E-state index in [1.54, 1.807) is 0 Å². The molecular formula is C76H144O6. The molecule has 0 spiro atoms. The highest BCUT2D eigenvalue weighted by molar-refractivity contribution is 5.71. The summed E-state index contributed by atoms with van der Waals surface area (Å²) in [4.78, 5) is 38.4. The lowest BCUT2D eigenvalue weighted by Crippen LogP contribution is -2.30. The third-order valence-corrected chi connectivity index (χ3v) is 17.2. The van der Waals surface area contributed by atoms with Crippen molar-refractivity contribution >= 4 is 17.9 Å². The van der Waals surface area contributed by atoms with Crippen LogP contribution in [-0.2, 0) is 28.6 Å². The Morgan fingerprint density at radius 3 is 0.720 bits per heavy atom. The summed E-state index contributed by atoms with van der Waals surface area (Å²) < 4.78 is 17.0. The summed E-state index contributed by atoms with van der Waals surface area (Å²) in [6, 6.07) is 0. The fourth-order valence-electron chi connectivity index (χ4n) is 11.6. The van der Waals surface area contributed by atoms with Gasteiger partial charge in [-0.1, -0.05) is 385 Å². The van der Waals surface area contributed by atoms with Crippen LogP contribution in [0.4, 0.5) is 0 Å². The van der Waals surface area contributed by atoms with Gasteiger partial charge in [0.25, 0.3) is 0 Å². The molecule has 0 aromatic heterocycles. The average molecular weight is 1150 g/mol. The number of esters is 3. The molecule has 0 aliphatic heterocycles. The monoisotopic (exact) mass is 1150 g/mol. The van der Waals surface area contributed by atoms with Gasteiger partial charge in [0.1, 0.15) is 13.2 Å². The van der Waals surface area contributed by atoms with Gasteiger partial charge in [-0.05, 0) is 44.9 Å². The molecular weight excluding hydrogens is 1010 g/mol. The highest BCUT2D eigenvalue weighted by Crippen LogP contribution is 2.20. The van der Waals surface area contributed by atoms with Gasteiger partial charge in [-0.15, -0.1) is 0 Å². The van der Waals surface area contributed by atoms with Crippen LogP contribution in [0.3, 0.4) is 0 Å². The van der Waals surface area contributed by atoms with Crippen LogP contribution >= 0.6 is 0 Å². The Morgan fingerprint density at radius 2 is 0.463 bits per heavy atom. The van der Waals surface area contributed by atoms with E-state index in [0.717, 1.165) is 83.5 Å². The van der Waals surface area contributed by atoms with Crippen LogP contribution in [0.1, 0.15) is 425 Å². The molecule has 484 valence electrons. The summed E-state index contributed by atoms with van der Waals surface area (Å²) in [5.41, 5.74) is 0. The fourth-order valence-corrected chi connectivity index (χ4v) is 11.6. The van der Waals surface area contributed by atoms with Gasteiger partial charge in [0.15, 0.2) is 6.10 Å². The van der Waals surface area contributed by atoms with E-state index in [0.29, 0.717) is 19.3 Å². The SMILES string of the molecule is CCC/C=C\C/C=C\CCCCCCCC(=O)OCC(COC(=O)CCCCCCCCCCCCCCCCCCCCCCCCCCCCCCCCCC)OC(=O)CCCCCCCCCCCCCCCCCCCCC. The number of ether oxygens (including phenoxy) is 3. The predicted octanol–water partition coefficient (Wildman–Crippen LogP) is 25.7. The smallest absolute Gasteiger partial charge is 0.306 e. The molecule has 0 N–H and O–H groups in total. The minimum Gasteiger partial charge on any atom is -0.462 e. The highest BCUT2D eigenvalue weighted by Gasteiger charge is 2.20. The lowest BCUT2D eigenvalue weighted by atomic mass is 10.0. The van der Waals surface area contributed by atoms with Crippen molar-refractivity contribution in [2.75, 3.05) is 13.2 Å². The molecule has 0 bridgehead atoms. The Bertz CT molecular complexity index is 1320. The second-order valence-corrected chi connectivity index (χ2v) is 25.6.